The van der Waals surface area contributed by atoms with Crippen molar-refractivity contribution in [3.8, 4) is 0 Å². The van der Waals surface area contributed by atoms with Gasteiger partial charge in [-0.05, 0) is 19.1 Å². The van der Waals surface area contributed by atoms with Gasteiger partial charge in [0.25, 0.3) is 0 Å². The van der Waals surface area contributed by atoms with E-state index in [1.807, 2.05) is 0 Å². The zero-order chi connectivity index (χ0) is 15.8. The van der Waals surface area contributed by atoms with Gasteiger partial charge >= 0.3 is 18.0 Å². The second-order valence-electron chi connectivity index (χ2n) is 3.90. The molecule has 21 heavy (non-hydrogen) atoms. The zero-order valence-electron chi connectivity index (χ0n) is 11.3. The largest absolute Gasteiger partial charge is 0.478 e. The van der Waals surface area contributed by atoms with Gasteiger partial charge in [0.2, 0.25) is 0 Å². The molecule has 3 N–H and O–H groups in total. The predicted molar refractivity (Wildman–Crippen MR) is 71.6 cm³/mol. The minimum absolute atomic E-state index is 0.0124. The summed E-state index contributed by atoms with van der Waals surface area (Å²) < 4.78 is 18.2. The number of para-hydroxylation sites is 1. The lowest BCUT2D eigenvalue weighted by Crippen LogP contribution is -2.31. The van der Waals surface area contributed by atoms with Crippen LogP contribution in [0.25, 0.3) is 0 Å². The first-order chi connectivity index (χ1) is 9.95. The van der Waals surface area contributed by atoms with Gasteiger partial charge in [0.15, 0.2) is 0 Å². The molecule has 2 amide bonds. The average Bonchev–Trinajstić information content (AvgIpc) is 2.41. The van der Waals surface area contributed by atoms with Crippen LogP contribution in [0.2, 0.25) is 0 Å². The fourth-order valence-electron chi connectivity index (χ4n) is 1.50. The van der Waals surface area contributed by atoms with Crippen LogP contribution in [-0.4, -0.2) is 36.2 Å². The molecule has 0 heterocycles. The van der Waals surface area contributed by atoms with Gasteiger partial charge in [-0.2, -0.15) is 0 Å². The first-order valence-corrected chi connectivity index (χ1v) is 6.18. The number of carboxylic acid groups (broad SMARTS) is 1. The third kappa shape index (κ3) is 5.09. The van der Waals surface area contributed by atoms with Gasteiger partial charge in [0.05, 0.1) is 24.3 Å². The van der Waals surface area contributed by atoms with Gasteiger partial charge in [-0.3, -0.25) is 4.79 Å². The highest BCUT2D eigenvalue weighted by Gasteiger charge is 2.16. The highest BCUT2D eigenvalue weighted by molar-refractivity contribution is 6.00. The van der Waals surface area contributed by atoms with Crippen LogP contribution in [0.3, 0.4) is 0 Å². The lowest BCUT2D eigenvalue weighted by molar-refractivity contribution is -0.142. The third-order valence-electron chi connectivity index (χ3n) is 2.40. The molecule has 114 valence electrons. The molecule has 0 aliphatic rings. The second kappa shape index (κ2) is 7.83. The number of carbonyl (C=O) groups excluding carboxylic acids is 2. The highest BCUT2D eigenvalue weighted by Crippen LogP contribution is 2.19. The number of benzene rings is 1. The summed E-state index contributed by atoms with van der Waals surface area (Å²) in [6, 6.07) is 2.61. The second-order valence-corrected chi connectivity index (χ2v) is 3.90. The first kappa shape index (κ1) is 16.4. The maximum atomic E-state index is 13.5. The minimum atomic E-state index is -1.36. The number of urea groups is 1. The maximum Gasteiger partial charge on any atom is 0.337 e. The van der Waals surface area contributed by atoms with Crippen molar-refractivity contribution < 1.29 is 28.6 Å². The Hall–Kier alpha value is -2.64. The van der Waals surface area contributed by atoms with Crippen molar-refractivity contribution in [3.63, 3.8) is 0 Å². The van der Waals surface area contributed by atoms with E-state index in [0.717, 1.165) is 6.07 Å². The minimum Gasteiger partial charge on any atom is -0.478 e. The van der Waals surface area contributed by atoms with Crippen LogP contribution in [0.4, 0.5) is 14.9 Å². The van der Waals surface area contributed by atoms with Gasteiger partial charge in [0.1, 0.15) is 5.82 Å². The van der Waals surface area contributed by atoms with Gasteiger partial charge in [-0.1, -0.05) is 6.07 Å². The molecule has 8 heteroatoms. The summed E-state index contributed by atoms with van der Waals surface area (Å²) in [6.45, 7) is 1.88. The number of rotatable bonds is 6. The van der Waals surface area contributed by atoms with Crippen LogP contribution in [0, 0.1) is 5.82 Å². The predicted octanol–water partition coefficient (Wildman–Crippen LogP) is 1.60. The molecule has 1 rings (SSSR count). The molecule has 0 aliphatic heterocycles. The molecule has 1 aromatic rings. The van der Waals surface area contributed by atoms with Gasteiger partial charge in [0, 0.05) is 6.54 Å². The summed E-state index contributed by atoms with van der Waals surface area (Å²) in [6.07, 6.45) is -0.0374. The number of carboxylic acids is 1. The van der Waals surface area contributed by atoms with E-state index in [0.29, 0.717) is 0 Å². The number of nitrogens with one attached hydrogen (secondary N) is 2. The van der Waals surface area contributed by atoms with Crippen LogP contribution in [-0.2, 0) is 9.53 Å². The quantitative estimate of drug-likeness (QED) is 0.692. The Morgan fingerprint density at radius 3 is 2.67 bits per heavy atom. The Labute approximate surface area is 120 Å². The molecular formula is C13H15FN2O5. The van der Waals surface area contributed by atoms with E-state index >= 15 is 0 Å². The Bertz CT molecular complexity index is 547. The standard InChI is InChI=1S/C13H15FN2O5/c1-2-21-10(17)6-7-15-13(20)16-11-8(12(18)19)4-3-5-9(11)14/h3-5H,2,6-7H2,1H3,(H,18,19)(H2,15,16,20). The van der Waals surface area contributed by atoms with E-state index in [9.17, 15) is 18.8 Å². The monoisotopic (exact) mass is 298 g/mol. The molecule has 0 atom stereocenters. The summed E-state index contributed by atoms with van der Waals surface area (Å²) in [4.78, 5) is 33.5. The van der Waals surface area contributed by atoms with Crippen LogP contribution >= 0.6 is 0 Å². The van der Waals surface area contributed by atoms with Crippen molar-refractivity contribution in [1.29, 1.82) is 0 Å². The summed E-state index contributed by atoms with van der Waals surface area (Å²) in [5.74, 6) is -2.71. The first-order valence-electron chi connectivity index (χ1n) is 6.18. The van der Waals surface area contributed by atoms with Gasteiger partial charge in [-0.25, -0.2) is 14.0 Å². The van der Waals surface area contributed by atoms with E-state index in [-0.39, 0.29) is 25.1 Å². The van der Waals surface area contributed by atoms with Crippen LogP contribution in [0.1, 0.15) is 23.7 Å². The van der Waals surface area contributed by atoms with E-state index in [4.69, 9.17) is 5.11 Å². The summed E-state index contributed by atoms with van der Waals surface area (Å²) in [5, 5.41) is 13.3. The lowest BCUT2D eigenvalue weighted by atomic mass is 10.1. The van der Waals surface area contributed by atoms with E-state index in [1.54, 1.807) is 6.92 Å². The molecule has 0 saturated carbocycles. The fraction of sp³-hybridized carbons (Fsp3) is 0.308. The zero-order valence-corrected chi connectivity index (χ0v) is 11.3. The SMILES string of the molecule is CCOC(=O)CCNC(=O)Nc1c(F)cccc1C(=O)O. The lowest BCUT2D eigenvalue weighted by Gasteiger charge is -2.10. The summed E-state index contributed by atoms with van der Waals surface area (Å²) >= 11 is 0. The third-order valence-corrected chi connectivity index (χ3v) is 2.40. The van der Waals surface area contributed by atoms with Gasteiger partial charge < -0.3 is 20.5 Å². The van der Waals surface area contributed by atoms with Crippen molar-refractivity contribution in [2.45, 2.75) is 13.3 Å². The van der Waals surface area contributed by atoms with Crippen molar-refractivity contribution in [2.24, 2.45) is 0 Å². The number of halogens is 1. The van der Waals surface area contributed by atoms with Crippen molar-refractivity contribution in [1.82, 2.24) is 5.32 Å². The molecule has 0 radical (unpaired) electrons. The summed E-state index contributed by atoms with van der Waals surface area (Å²) in [5.41, 5.74) is -0.797. The number of carbonyl (C=O) groups is 3. The fourth-order valence-corrected chi connectivity index (χ4v) is 1.50. The normalized spacial score (nSPS) is 9.81. The molecule has 0 unspecified atom stereocenters. The van der Waals surface area contributed by atoms with Crippen molar-refractivity contribution >= 4 is 23.7 Å². The maximum absolute atomic E-state index is 13.5. The molecule has 0 fully saturated rings. The Morgan fingerprint density at radius 1 is 1.33 bits per heavy atom. The van der Waals surface area contributed by atoms with E-state index in [1.165, 1.54) is 12.1 Å². The molecular weight excluding hydrogens is 283 g/mol. The van der Waals surface area contributed by atoms with E-state index < -0.39 is 29.5 Å². The molecule has 0 bridgehead atoms. The molecule has 7 nitrogen and oxygen atoms in total. The number of aromatic carboxylic acids is 1. The van der Waals surface area contributed by atoms with Crippen molar-refractivity contribution in [3.05, 3.63) is 29.6 Å². The van der Waals surface area contributed by atoms with Gasteiger partial charge in [-0.15, -0.1) is 0 Å². The Balaban J connectivity index is 2.59. The molecule has 0 saturated heterocycles. The number of hydrogen-bond donors (Lipinski definition) is 3. The molecule has 0 aromatic heterocycles. The molecule has 0 aliphatic carbocycles. The topological polar surface area (TPSA) is 105 Å². The average molecular weight is 298 g/mol. The number of anilines is 1. The summed E-state index contributed by atoms with van der Waals surface area (Å²) in [7, 11) is 0. The van der Waals surface area contributed by atoms with Crippen LogP contribution in [0.15, 0.2) is 18.2 Å². The van der Waals surface area contributed by atoms with Crippen LogP contribution < -0.4 is 10.6 Å². The molecule has 1 aromatic carbocycles. The van der Waals surface area contributed by atoms with Crippen molar-refractivity contribution in [2.75, 3.05) is 18.5 Å². The molecule has 0 spiro atoms. The van der Waals surface area contributed by atoms with E-state index in [2.05, 4.69) is 15.4 Å². The smallest absolute Gasteiger partial charge is 0.337 e. The number of ether oxygens (including phenoxy) is 1. The van der Waals surface area contributed by atoms with Crippen LogP contribution in [0.5, 0.6) is 0 Å². The highest BCUT2D eigenvalue weighted by atomic mass is 19.1. The Kier molecular flexibility index (Phi) is 6.12. The number of hydrogen-bond acceptors (Lipinski definition) is 4. The number of amides is 2. The number of esters is 1. The Morgan fingerprint density at radius 2 is 2.05 bits per heavy atom.